The second-order valence-corrected chi connectivity index (χ2v) is 3.00. The fourth-order valence-corrected chi connectivity index (χ4v) is 0.884. The Kier molecular flexibility index (Phi) is 3.28. The van der Waals surface area contributed by atoms with Crippen molar-refractivity contribution in [3.63, 3.8) is 0 Å². The molecule has 0 aliphatic heterocycles. The van der Waals surface area contributed by atoms with Gasteiger partial charge in [-0.15, -0.1) is 0 Å². The van der Waals surface area contributed by atoms with Gasteiger partial charge in [0.25, 0.3) is 5.91 Å². The maximum absolute atomic E-state index is 11.4. The molecule has 0 saturated carbocycles. The third-order valence-corrected chi connectivity index (χ3v) is 1.79. The summed E-state index contributed by atoms with van der Waals surface area (Å²) in [6.07, 6.45) is -0.966. The van der Waals surface area contributed by atoms with Crippen LogP contribution in [0.4, 0.5) is 0 Å². The predicted octanol–water partition coefficient (Wildman–Crippen LogP) is 0.423. The number of hydrogen-bond acceptors (Lipinski definition) is 4. The molecule has 1 aromatic rings. The minimum atomic E-state index is -0.966. The van der Waals surface area contributed by atoms with E-state index in [0.717, 1.165) is 0 Å². The van der Waals surface area contributed by atoms with Gasteiger partial charge in [-0.25, -0.2) is 4.79 Å². The second-order valence-electron chi connectivity index (χ2n) is 3.00. The zero-order valence-electron chi connectivity index (χ0n) is 8.14. The topological polar surface area (TPSA) is 89.6 Å². The number of benzene rings is 1. The molecule has 15 heavy (non-hydrogen) atoms. The minimum Gasteiger partial charge on any atom is -0.508 e. The van der Waals surface area contributed by atoms with Crippen LogP contribution in [-0.2, 0) is 9.53 Å². The number of hydrogen-bond donors (Lipinski definition) is 2. The van der Waals surface area contributed by atoms with Crippen molar-refractivity contribution in [2.75, 3.05) is 0 Å². The highest BCUT2D eigenvalue weighted by Gasteiger charge is 2.15. The van der Waals surface area contributed by atoms with Crippen LogP contribution in [0, 0.1) is 0 Å². The summed E-state index contributed by atoms with van der Waals surface area (Å²) in [7, 11) is 0. The van der Waals surface area contributed by atoms with Gasteiger partial charge >= 0.3 is 5.97 Å². The van der Waals surface area contributed by atoms with Gasteiger partial charge in [-0.1, -0.05) is 0 Å². The number of amides is 1. The van der Waals surface area contributed by atoms with Crippen LogP contribution in [0.25, 0.3) is 0 Å². The molecule has 0 saturated heterocycles. The van der Waals surface area contributed by atoms with E-state index < -0.39 is 18.0 Å². The van der Waals surface area contributed by atoms with Gasteiger partial charge in [0.15, 0.2) is 6.10 Å². The number of nitrogens with two attached hydrogens (primary N) is 1. The molecule has 1 rings (SSSR count). The van der Waals surface area contributed by atoms with E-state index >= 15 is 0 Å². The maximum atomic E-state index is 11.4. The largest absolute Gasteiger partial charge is 0.508 e. The highest BCUT2D eigenvalue weighted by molar-refractivity contribution is 5.91. The van der Waals surface area contributed by atoms with Gasteiger partial charge in [-0.2, -0.15) is 0 Å². The summed E-state index contributed by atoms with van der Waals surface area (Å²) in [5.74, 6) is -1.31. The van der Waals surface area contributed by atoms with E-state index in [-0.39, 0.29) is 11.3 Å². The highest BCUT2D eigenvalue weighted by atomic mass is 16.5. The first-order chi connectivity index (χ1) is 7.00. The molecule has 0 spiro atoms. The summed E-state index contributed by atoms with van der Waals surface area (Å²) in [6, 6.07) is 5.49. The number of ether oxygens (including phenoxy) is 1. The van der Waals surface area contributed by atoms with Crippen LogP contribution in [0.3, 0.4) is 0 Å². The average molecular weight is 209 g/mol. The molecule has 0 bridgehead atoms. The monoisotopic (exact) mass is 209 g/mol. The molecule has 0 aliphatic carbocycles. The van der Waals surface area contributed by atoms with Gasteiger partial charge in [0, 0.05) is 0 Å². The number of aromatic hydroxyl groups is 1. The van der Waals surface area contributed by atoms with E-state index in [2.05, 4.69) is 0 Å². The Balaban J connectivity index is 2.69. The molecule has 0 heterocycles. The SMILES string of the molecule is CC(OC(=O)c1ccc(O)cc1)C(N)=O. The van der Waals surface area contributed by atoms with Gasteiger partial charge < -0.3 is 15.6 Å². The van der Waals surface area contributed by atoms with Crippen LogP contribution in [0.1, 0.15) is 17.3 Å². The van der Waals surface area contributed by atoms with E-state index in [4.69, 9.17) is 15.6 Å². The Bertz CT molecular complexity index is 372. The summed E-state index contributed by atoms with van der Waals surface area (Å²) in [5, 5.41) is 8.98. The van der Waals surface area contributed by atoms with Gasteiger partial charge in [-0.3, -0.25) is 4.79 Å². The van der Waals surface area contributed by atoms with Crippen molar-refractivity contribution in [1.29, 1.82) is 0 Å². The van der Waals surface area contributed by atoms with Crippen LogP contribution in [-0.4, -0.2) is 23.1 Å². The number of rotatable bonds is 3. The van der Waals surface area contributed by atoms with E-state index in [1.165, 1.54) is 31.2 Å². The molecule has 3 N–H and O–H groups in total. The second kappa shape index (κ2) is 4.45. The molecule has 0 aliphatic rings. The molecule has 1 unspecified atom stereocenters. The van der Waals surface area contributed by atoms with E-state index in [9.17, 15) is 9.59 Å². The fourth-order valence-electron chi connectivity index (χ4n) is 0.884. The first kappa shape index (κ1) is 11.0. The van der Waals surface area contributed by atoms with E-state index in [1.807, 2.05) is 0 Å². The van der Waals surface area contributed by atoms with Gasteiger partial charge in [-0.05, 0) is 31.2 Å². The Morgan fingerprint density at radius 2 is 1.87 bits per heavy atom. The lowest BCUT2D eigenvalue weighted by atomic mass is 10.2. The number of esters is 1. The van der Waals surface area contributed by atoms with E-state index in [1.54, 1.807) is 0 Å². The lowest BCUT2D eigenvalue weighted by molar-refractivity contribution is -0.125. The standard InChI is InChI=1S/C10H11NO4/c1-6(9(11)13)15-10(14)7-2-4-8(12)5-3-7/h2-6,12H,1H3,(H2,11,13). The number of phenolic OH excluding ortho intramolecular Hbond substituents is 1. The number of carbonyl (C=O) groups excluding carboxylic acids is 2. The number of carbonyl (C=O) groups is 2. The van der Waals surface area contributed by atoms with Crippen molar-refractivity contribution in [2.45, 2.75) is 13.0 Å². The molecule has 0 radical (unpaired) electrons. The van der Waals surface area contributed by atoms with Gasteiger partial charge in [0.05, 0.1) is 5.56 Å². The van der Waals surface area contributed by atoms with Crippen LogP contribution < -0.4 is 5.73 Å². The van der Waals surface area contributed by atoms with Crippen LogP contribution in [0.2, 0.25) is 0 Å². The molecule has 0 fully saturated rings. The van der Waals surface area contributed by atoms with Crippen molar-refractivity contribution in [2.24, 2.45) is 5.73 Å². The van der Waals surface area contributed by atoms with Crippen LogP contribution in [0.15, 0.2) is 24.3 Å². The van der Waals surface area contributed by atoms with Crippen molar-refractivity contribution >= 4 is 11.9 Å². The Morgan fingerprint density at radius 1 is 1.33 bits per heavy atom. The zero-order valence-corrected chi connectivity index (χ0v) is 8.14. The van der Waals surface area contributed by atoms with Crippen molar-refractivity contribution in [3.05, 3.63) is 29.8 Å². The molecule has 1 aromatic carbocycles. The first-order valence-electron chi connectivity index (χ1n) is 4.30. The summed E-state index contributed by atoms with van der Waals surface area (Å²) in [4.78, 5) is 22.0. The maximum Gasteiger partial charge on any atom is 0.338 e. The van der Waals surface area contributed by atoms with Crippen LogP contribution >= 0.6 is 0 Å². The Morgan fingerprint density at radius 3 is 2.33 bits per heavy atom. The number of phenols is 1. The smallest absolute Gasteiger partial charge is 0.338 e. The third kappa shape index (κ3) is 2.98. The quantitative estimate of drug-likeness (QED) is 0.706. The lowest BCUT2D eigenvalue weighted by Crippen LogP contribution is -2.30. The fraction of sp³-hybridized carbons (Fsp3) is 0.200. The molecule has 0 aromatic heterocycles. The molecule has 5 heteroatoms. The van der Waals surface area contributed by atoms with Gasteiger partial charge in [0.2, 0.25) is 0 Å². The number of primary amides is 1. The molecule has 1 amide bonds. The van der Waals surface area contributed by atoms with Crippen molar-refractivity contribution < 1.29 is 19.4 Å². The molecule has 5 nitrogen and oxygen atoms in total. The lowest BCUT2D eigenvalue weighted by Gasteiger charge is -2.09. The molecular weight excluding hydrogens is 198 g/mol. The third-order valence-electron chi connectivity index (χ3n) is 1.79. The summed E-state index contributed by atoms with van der Waals surface area (Å²) >= 11 is 0. The van der Waals surface area contributed by atoms with E-state index in [0.29, 0.717) is 0 Å². The molecule has 1 atom stereocenters. The average Bonchev–Trinajstić information content (AvgIpc) is 2.18. The van der Waals surface area contributed by atoms with Gasteiger partial charge in [0.1, 0.15) is 5.75 Å². The first-order valence-corrected chi connectivity index (χ1v) is 4.30. The Labute approximate surface area is 86.5 Å². The zero-order chi connectivity index (χ0) is 11.4. The molecular formula is C10H11NO4. The molecule has 80 valence electrons. The normalized spacial score (nSPS) is 11.8. The van der Waals surface area contributed by atoms with Crippen molar-refractivity contribution in [3.8, 4) is 5.75 Å². The van der Waals surface area contributed by atoms with Crippen molar-refractivity contribution in [1.82, 2.24) is 0 Å². The summed E-state index contributed by atoms with van der Waals surface area (Å²) in [6.45, 7) is 1.39. The minimum absolute atomic E-state index is 0.0505. The van der Waals surface area contributed by atoms with Crippen LogP contribution in [0.5, 0.6) is 5.75 Å². The Hall–Kier alpha value is -2.04. The summed E-state index contributed by atoms with van der Waals surface area (Å²) < 4.78 is 4.74. The summed E-state index contributed by atoms with van der Waals surface area (Å²) in [5.41, 5.74) is 5.18. The highest BCUT2D eigenvalue weighted by Crippen LogP contribution is 2.11. The predicted molar refractivity (Wildman–Crippen MR) is 52.2 cm³/mol.